The van der Waals surface area contributed by atoms with Crippen molar-refractivity contribution in [3.63, 3.8) is 0 Å². The summed E-state index contributed by atoms with van der Waals surface area (Å²) >= 11 is 3.45. The summed E-state index contributed by atoms with van der Waals surface area (Å²) in [7, 11) is 3.20. The fourth-order valence-electron chi connectivity index (χ4n) is 4.93. The third-order valence-corrected chi connectivity index (χ3v) is 7.59. The van der Waals surface area contributed by atoms with Gasteiger partial charge >= 0.3 is 0 Å². The standard InChI is InChI=1S/C29H31BrFNO5/c1-35-26-10-5-20(15-27(26)36-2)29(11-13-37-14-12-29)18-32-28(34)17-23(19-3-7-22(31)8-4-19)24-16-21(30)6-9-25(24)33/h3-10,15-16,23,33H,11-14,17-18H2,1-2H3,(H,32,34)/t23-/m1/s1. The molecule has 1 amide bonds. The molecule has 3 aromatic carbocycles. The average Bonchev–Trinajstić information content (AvgIpc) is 2.92. The van der Waals surface area contributed by atoms with E-state index in [-0.39, 0.29) is 29.3 Å². The maximum atomic E-state index is 13.6. The minimum Gasteiger partial charge on any atom is -0.508 e. The molecule has 0 unspecified atom stereocenters. The summed E-state index contributed by atoms with van der Waals surface area (Å²) in [5.74, 6) is 0.385. The van der Waals surface area contributed by atoms with Crippen molar-refractivity contribution < 1.29 is 28.5 Å². The Kier molecular flexibility index (Phi) is 8.71. The molecule has 0 aromatic heterocycles. The van der Waals surface area contributed by atoms with Gasteiger partial charge in [0, 0.05) is 47.5 Å². The van der Waals surface area contributed by atoms with Gasteiger partial charge in [-0.3, -0.25) is 4.79 Å². The number of carbonyl (C=O) groups is 1. The Balaban J connectivity index is 1.58. The van der Waals surface area contributed by atoms with E-state index in [1.54, 1.807) is 44.6 Å². The molecule has 0 bridgehead atoms. The van der Waals surface area contributed by atoms with Crippen LogP contribution in [0.4, 0.5) is 4.39 Å². The van der Waals surface area contributed by atoms with E-state index in [2.05, 4.69) is 21.2 Å². The van der Waals surface area contributed by atoms with Gasteiger partial charge in [-0.05, 0) is 66.4 Å². The summed E-state index contributed by atoms with van der Waals surface area (Å²) in [6.07, 6.45) is 1.58. The van der Waals surface area contributed by atoms with Crippen LogP contribution in [0.3, 0.4) is 0 Å². The van der Waals surface area contributed by atoms with Crippen LogP contribution >= 0.6 is 15.9 Å². The van der Waals surface area contributed by atoms with Crippen molar-refractivity contribution in [3.05, 3.63) is 87.6 Å². The smallest absolute Gasteiger partial charge is 0.220 e. The second-order valence-electron chi connectivity index (χ2n) is 9.25. The van der Waals surface area contributed by atoms with Crippen LogP contribution in [0.5, 0.6) is 17.2 Å². The summed E-state index contributed by atoms with van der Waals surface area (Å²) in [4.78, 5) is 13.3. The zero-order valence-corrected chi connectivity index (χ0v) is 22.5. The molecule has 8 heteroatoms. The van der Waals surface area contributed by atoms with Crippen LogP contribution in [-0.4, -0.2) is 45.0 Å². The Hall–Kier alpha value is -3.10. The number of phenols is 1. The van der Waals surface area contributed by atoms with Gasteiger partial charge in [-0.2, -0.15) is 0 Å². The molecule has 1 heterocycles. The van der Waals surface area contributed by atoms with Gasteiger partial charge in [0.1, 0.15) is 11.6 Å². The highest BCUT2D eigenvalue weighted by molar-refractivity contribution is 9.10. The van der Waals surface area contributed by atoms with E-state index in [4.69, 9.17) is 14.2 Å². The van der Waals surface area contributed by atoms with Gasteiger partial charge in [-0.1, -0.05) is 34.1 Å². The Morgan fingerprint density at radius 3 is 2.43 bits per heavy atom. The molecule has 6 nitrogen and oxygen atoms in total. The molecular formula is C29H31BrFNO5. The second kappa shape index (κ2) is 12.0. The first-order valence-corrected chi connectivity index (χ1v) is 13.0. The SMILES string of the molecule is COc1ccc(C2(CNC(=O)C[C@H](c3ccc(F)cc3)c3cc(Br)ccc3O)CCOCC2)cc1OC. The molecule has 4 rings (SSSR count). The molecule has 1 aliphatic rings. The molecule has 0 aliphatic carbocycles. The molecule has 1 aliphatic heterocycles. The Bertz CT molecular complexity index is 1230. The molecule has 1 fully saturated rings. The van der Waals surface area contributed by atoms with Gasteiger partial charge in [-0.25, -0.2) is 4.39 Å². The number of hydrogen-bond acceptors (Lipinski definition) is 5. The van der Waals surface area contributed by atoms with E-state index < -0.39 is 5.92 Å². The van der Waals surface area contributed by atoms with Crippen LogP contribution in [0, 0.1) is 5.82 Å². The monoisotopic (exact) mass is 571 g/mol. The highest BCUT2D eigenvalue weighted by Crippen LogP contribution is 2.40. The van der Waals surface area contributed by atoms with Crippen molar-refractivity contribution in [1.82, 2.24) is 5.32 Å². The normalized spacial score (nSPS) is 15.6. The maximum Gasteiger partial charge on any atom is 0.220 e. The number of benzene rings is 3. The van der Waals surface area contributed by atoms with Crippen molar-refractivity contribution in [3.8, 4) is 17.2 Å². The minimum atomic E-state index is -0.454. The van der Waals surface area contributed by atoms with E-state index in [0.29, 0.717) is 36.8 Å². The summed E-state index contributed by atoms with van der Waals surface area (Å²) in [5, 5.41) is 13.7. The topological polar surface area (TPSA) is 77.0 Å². The van der Waals surface area contributed by atoms with Crippen molar-refractivity contribution in [2.75, 3.05) is 34.0 Å². The van der Waals surface area contributed by atoms with E-state index >= 15 is 0 Å². The van der Waals surface area contributed by atoms with Crippen LogP contribution in [0.1, 0.15) is 41.9 Å². The van der Waals surface area contributed by atoms with Crippen molar-refractivity contribution in [1.29, 1.82) is 0 Å². The van der Waals surface area contributed by atoms with E-state index in [0.717, 1.165) is 28.4 Å². The van der Waals surface area contributed by atoms with Crippen LogP contribution < -0.4 is 14.8 Å². The largest absolute Gasteiger partial charge is 0.508 e. The lowest BCUT2D eigenvalue weighted by Crippen LogP contribution is -2.44. The van der Waals surface area contributed by atoms with Gasteiger partial charge in [-0.15, -0.1) is 0 Å². The molecule has 1 atom stereocenters. The number of phenolic OH excluding ortho intramolecular Hbond substituents is 1. The number of amides is 1. The Morgan fingerprint density at radius 1 is 1.05 bits per heavy atom. The van der Waals surface area contributed by atoms with Crippen LogP contribution in [-0.2, 0) is 14.9 Å². The average molecular weight is 572 g/mol. The quantitative estimate of drug-likeness (QED) is 0.344. The lowest BCUT2D eigenvalue weighted by Gasteiger charge is -2.38. The van der Waals surface area contributed by atoms with E-state index in [9.17, 15) is 14.3 Å². The molecule has 0 spiro atoms. The van der Waals surface area contributed by atoms with Crippen LogP contribution in [0.2, 0.25) is 0 Å². The van der Waals surface area contributed by atoms with Gasteiger partial charge in [0.15, 0.2) is 11.5 Å². The molecule has 37 heavy (non-hydrogen) atoms. The zero-order valence-electron chi connectivity index (χ0n) is 20.9. The van der Waals surface area contributed by atoms with E-state index in [1.807, 2.05) is 18.2 Å². The predicted molar refractivity (Wildman–Crippen MR) is 143 cm³/mol. The first kappa shape index (κ1) is 26.9. The third-order valence-electron chi connectivity index (χ3n) is 7.10. The van der Waals surface area contributed by atoms with E-state index in [1.165, 1.54) is 12.1 Å². The fourth-order valence-corrected chi connectivity index (χ4v) is 5.31. The van der Waals surface area contributed by atoms with Crippen LogP contribution in [0.15, 0.2) is 65.1 Å². The number of methoxy groups -OCH3 is 2. The first-order valence-electron chi connectivity index (χ1n) is 12.2. The summed E-state index contributed by atoms with van der Waals surface area (Å²) < 4.78 is 31.0. The number of hydrogen-bond donors (Lipinski definition) is 2. The van der Waals surface area contributed by atoms with Crippen molar-refractivity contribution in [2.45, 2.75) is 30.6 Å². The lowest BCUT2D eigenvalue weighted by atomic mass is 9.74. The molecule has 1 saturated heterocycles. The van der Waals surface area contributed by atoms with Gasteiger partial charge in [0.2, 0.25) is 5.91 Å². The second-order valence-corrected chi connectivity index (χ2v) is 10.2. The number of carbonyl (C=O) groups excluding carboxylic acids is 1. The number of aromatic hydroxyl groups is 1. The van der Waals surface area contributed by atoms with Gasteiger partial charge in [0.05, 0.1) is 14.2 Å². The lowest BCUT2D eigenvalue weighted by molar-refractivity contribution is -0.121. The Morgan fingerprint density at radius 2 is 1.76 bits per heavy atom. The van der Waals surface area contributed by atoms with Crippen molar-refractivity contribution in [2.24, 2.45) is 0 Å². The summed E-state index contributed by atoms with van der Waals surface area (Å²) in [5.41, 5.74) is 2.06. The van der Waals surface area contributed by atoms with Gasteiger partial charge in [0.25, 0.3) is 0 Å². The summed E-state index contributed by atoms with van der Waals surface area (Å²) in [6, 6.07) is 17.0. The van der Waals surface area contributed by atoms with Crippen LogP contribution in [0.25, 0.3) is 0 Å². The molecule has 0 radical (unpaired) electrons. The van der Waals surface area contributed by atoms with Gasteiger partial charge < -0.3 is 24.6 Å². The zero-order chi connectivity index (χ0) is 26.4. The number of nitrogens with one attached hydrogen (secondary N) is 1. The van der Waals surface area contributed by atoms with Crippen molar-refractivity contribution >= 4 is 21.8 Å². The Labute approximate surface area is 224 Å². The molecule has 0 saturated carbocycles. The highest BCUT2D eigenvalue weighted by atomic mass is 79.9. The molecule has 196 valence electrons. The first-order chi connectivity index (χ1) is 17.8. The number of rotatable bonds is 9. The number of halogens is 2. The highest BCUT2D eigenvalue weighted by Gasteiger charge is 2.36. The maximum absolute atomic E-state index is 13.6. The molecule has 2 N–H and O–H groups in total. The molecule has 3 aromatic rings. The predicted octanol–water partition coefficient (Wildman–Crippen LogP) is 5.70. The number of ether oxygens (including phenoxy) is 3. The fraction of sp³-hybridized carbons (Fsp3) is 0.345. The minimum absolute atomic E-state index is 0.0801. The summed E-state index contributed by atoms with van der Waals surface area (Å²) in [6.45, 7) is 1.61. The third kappa shape index (κ3) is 6.25. The molecular weight excluding hydrogens is 541 g/mol.